The quantitative estimate of drug-likeness (QED) is 0.0406. The molecule has 0 spiro atoms. The number of alkyl halides is 2. The first-order valence-corrected chi connectivity index (χ1v) is 23.9. The van der Waals surface area contributed by atoms with E-state index in [0.717, 1.165) is 29.0 Å². The Hall–Kier alpha value is -6.39. The first kappa shape index (κ1) is 56.9. The molecule has 0 aliphatic carbocycles. The Kier molecular flexibility index (Phi) is 22.3. The number of ether oxygens (including phenoxy) is 1. The fraction of sp³-hybridized carbons (Fsp3) is 0.519. The van der Waals surface area contributed by atoms with Gasteiger partial charge in [0, 0.05) is 33.6 Å². The highest BCUT2D eigenvalue weighted by Gasteiger charge is 2.52. The lowest BCUT2D eigenvalue weighted by atomic mass is 9.98. The number of likely N-dealkylation sites (N-methyl/N-ethyl adjacent to an activating group) is 1. The Morgan fingerprint density at radius 1 is 0.783 bits per heavy atom. The van der Waals surface area contributed by atoms with Gasteiger partial charge in [-0.15, -0.1) is 0 Å². The average Bonchev–Trinajstić information content (AvgIpc) is 3.74. The molecule has 3 unspecified atom stereocenters. The number of likely N-dealkylation sites (tertiary alicyclic amines) is 1. The number of hydrogen-bond acceptors (Lipinski definition) is 10. The second-order valence-electron chi connectivity index (χ2n) is 18.0. The van der Waals surface area contributed by atoms with E-state index in [1.54, 1.807) is 59.9 Å². The monoisotopic (exact) mass is 962 g/mol. The van der Waals surface area contributed by atoms with Crippen molar-refractivity contribution in [2.45, 2.75) is 143 Å². The van der Waals surface area contributed by atoms with Crippen molar-refractivity contribution in [2.75, 3.05) is 20.6 Å². The number of esters is 1. The van der Waals surface area contributed by atoms with Crippen LogP contribution in [0.3, 0.4) is 0 Å². The molecule has 6 N–H and O–H groups in total. The van der Waals surface area contributed by atoms with Gasteiger partial charge in [-0.3, -0.25) is 33.6 Å². The zero-order valence-electron chi connectivity index (χ0n) is 42.0. The van der Waals surface area contributed by atoms with Crippen LogP contribution in [0, 0.1) is 11.8 Å². The Bertz CT molecular complexity index is 2290. The zero-order valence-corrected chi connectivity index (χ0v) is 42.0. The summed E-state index contributed by atoms with van der Waals surface area (Å²) in [4.78, 5) is 94.1. The smallest absolute Gasteiger partial charge is 0.383 e. The topological polar surface area (TPSA) is 204 Å². The molecular formula is C52H73F2N7O8. The average molecular weight is 962 g/mol. The number of hydrogen-bond donors (Lipinski definition) is 6. The van der Waals surface area contributed by atoms with Crippen LogP contribution in [0.1, 0.15) is 111 Å². The molecule has 5 amide bonds. The van der Waals surface area contributed by atoms with Gasteiger partial charge in [0.05, 0.1) is 18.6 Å². The Balaban J connectivity index is 0.00000100. The van der Waals surface area contributed by atoms with E-state index < -0.39 is 95.4 Å². The highest BCUT2D eigenvalue weighted by atomic mass is 19.3. The van der Waals surface area contributed by atoms with Gasteiger partial charge < -0.3 is 41.5 Å². The van der Waals surface area contributed by atoms with Crippen LogP contribution in [-0.2, 0) is 51.1 Å². The van der Waals surface area contributed by atoms with Crippen molar-refractivity contribution >= 4 is 52.1 Å². The van der Waals surface area contributed by atoms with Gasteiger partial charge in [0.1, 0.15) is 29.9 Å². The number of amides is 5. The summed E-state index contributed by atoms with van der Waals surface area (Å²) in [6.45, 7) is 15.1. The van der Waals surface area contributed by atoms with Gasteiger partial charge in [-0.2, -0.15) is 8.78 Å². The third-order valence-electron chi connectivity index (χ3n) is 11.9. The maximum Gasteiger partial charge on any atom is 0.383 e. The molecule has 3 aromatic carbocycles. The first-order valence-electron chi connectivity index (χ1n) is 23.9. The van der Waals surface area contributed by atoms with Crippen LogP contribution in [0.15, 0.2) is 78.6 Å². The highest BCUT2D eigenvalue weighted by Crippen LogP contribution is 2.27. The SMILES string of the molecule is CCC[C@H](NC(=O)C1C[C@@H](OC(C)=O)CN1C(=O)C(NC(=O)[C@@H](NC(=O)/C(=C/NC)NC)C(C)C)C(C)C)C(=O)C(F)(F)C(=O)NC(C)c1ccc2ccccc2c1.CCCc1ccccc1CC. The predicted octanol–water partition coefficient (Wildman–Crippen LogP) is 5.80. The molecule has 0 bridgehead atoms. The largest absolute Gasteiger partial charge is 0.461 e. The number of benzene rings is 3. The zero-order chi connectivity index (χ0) is 51.6. The molecule has 3 aromatic rings. The van der Waals surface area contributed by atoms with Crippen LogP contribution in [0.5, 0.6) is 0 Å². The summed E-state index contributed by atoms with van der Waals surface area (Å²) in [5, 5.41) is 17.1. The first-order chi connectivity index (χ1) is 32.6. The maximum atomic E-state index is 15.7. The number of carbonyl (C=O) groups is 7. The van der Waals surface area contributed by atoms with Crippen LogP contribution in [0.4, 0.5) is 8.78 Å². The minimum atomic E-state index is -4.55. The van der Waals surface area contributed by atoms with Gasteiger partial charge in [-0.25, -0.2) is 0 Å². The predicted molar refractivity (Wildman–Crippen MR) is 263 cm³/mol. The lowest BCUT2D eigenvalue weighted by Crippen LogP contribution is -2.60. The van der Waals surface area contributed by atoms with Crippen molar-refractivity contribution in [2.24, 2.45) is 11.8 Å². The molecule has 1 heterocycles. The van der Waals surface area contributed by atoms with E-state index in [2.05, 4.69) is 70.0 Å². The standard InChI is InChI=1S/C41H57F2N7O8.C11H16/c1-10-13-30(35(52)41(42,43)40(57)46-24(6)27-17-16-26-14-11-12-15-28(26)18-27)47-37(54)32-19-29(58-25(7)51)21-50(32)39(56)34(23(4)5)49-38(55)33(22(2)3)48-36(53)31(45-9)20-44-8;1-3-7-11-9-6-5-8-10(11)4-2/h11-12,14-18,20,22-24,29-30,32-34,44-45H,10,13,19,21H2,1-9H3,(H,46,57)(H,47,54)(H,48,53)(H,49,55);5-6,8-9H,3-4,7H2,1-2H3/b31-20-;/t24?,29-,30+,32?,33+,34?;/m1./s1. The van der Waals surface area contributed by atoms with Gasteiger partial charge in [-0.05, 0) is 71.6 Å². The number of halogens is 2. The fourth-order valence-corrected chi connectivity index (χ4v) is 8.11. The molecule has 378 valence electrons. The number of nitrogens with zero attached hydrogens (tertiary/aromatic N) is 1. The van der Waals surface area contributed by atoms with Gasteiger partial charge in [0.25, 0.3) is 11.8 Å². The molecule has 1 saturated heterocycles. The molecule has 17 heteroatoms. The molecule has 1 aliphatic rings. The normalized spacial score (nSPS) is 16.6. The van der Waals surface area contributed by atoms with Crippen molar-refractivity contribution in [1.29, 1.82) is 0 Å². The second kappa shape index (κ2) is 27.0. The van der Waals surface area contributed by atoms with E-state index in [-0.39, 0.29) is 31.5 Å². The lowest BCUT2D eigenvalue weighted by molar-refractivity contribution is -0.161. The number of fused-ring (bicyclic) bond motifs is 1. The van der Waals surface area contributed by atoms with Crippen LogP contribution in [0.25, 0.3) is 10.8 Å². The summed E-state index contributed by atoms with van der Waals surface area (Å²) >= 11 is 0. The van der Waals surface area contributed by atoms with Crippen molar-refractivity contribution in [3.63, 3.8) is 0 Å². The second-order valence-corrected chi connectivity index (χ2v) is 18.0. The highest BCUT2D eigenvalue weighted by molar-refractivity contribution is 6.11. The van der Waals surface area contributed by atoms with Gasteiger partial charge >= 0.3 is 11.9 Å². The van der Waals surface area contributed by atoms with E-state index in [1.165, 1.54) is 44.1 Å². The van der Waals surface area contributed by atoms with E-state index in [0.29, 0.717) is 5.56 Å². The minimum Gasteiger partial charge on any atom is -0.461 e. The van der Waals surface area contributed by atoms with Crippen LogP contribution in [-0.4, -0.2) is 103 Å². The molecule has 0 saturated carbocycles. The summed E-state index contributed by atoms with van der Waals surface area (Å²) in [6.07, 6.45) is 3.74. The van der Waals surface area contributed by atoms with E-state index in [1.807, 2.05) is 24.3 Å². The summed E-state index contributed by atoms with van der Waals surface area (Å²) in [6, 6.07) is 14.9. The molecule has 4 rings (SSSR count). The van der Waals surface area contributed by atoms with Gasteiger partial charge in [-0.1, -0.05) is 122 Å². The summed E-state index contributed by atoms with van der Waals surface area (Å²) in [7, 11) is 3.13. The number of ketones is 1. The molecule has 1 fully saturated rings. The van der Waals surface area contributed by atoms with Crippen LogP contribution in [0.2, 0.25) is 0 Å². The van der Waals surface area contributed by atoms with E-state index >= 15 is 8.78 Å². The molecule has 1 aliphatic heterocycles. The molecule has 69 heavy (non-hydrogen) atoms. The summed E-state index contributed by atoms with van der Waals surface area (Å²) in [5.74, 6) is -12.9. The van der Waals surface area contributed by atoms with Crippen molar-refractivity contribution < 1.29 is 47.1 Å². The van der Waals surface area contributed by atoms with Gasteiger partial charge in [0.15, 0.2) is 0 Å². The Morgan fingerprint density at radius 3 is 1.97 bits per heavy atom. The molecule has 6 atom stereocenters. The summed E-state index contributed by atoms with van der Waals surface area (Å²) in [5.41, 5.74) is 3.72. The Labute approximate surface area is 405 Å². The van der Waals surface area contributed by atoms with E-state index in [4.69, 9.17) is 4.74 Å². The third-order valence-corrected chi connectivity index (χ3v) is 11.9. The van der Waals surface area contributed by atoms with Crippen LogP contribution < -0.4 is 31.9 Å². The lowest BCUT2D eigenvalue weighted by Gasteiger charge is -2.32. The minimum absolute atomic E-state index is 0.147. The van der Waals surface area contributed by atoms with Crippen molar-refractivity contribution in [3.05, 3.63) is 95.3 Å². The van der Waals surface area contributed by atoms with E-state index in [9.17, 15) is 33.6 Å². The fourth-order valence-electron chi connectivity index (χ4n) is 8.11. The summed E-state index contributed by atoms with van der Waals surface area (Å²) < 4.78 is 36.7. The van der Waals surface area contributed by atoms with Crippen molar-refractivity contribution in [1.82, 2.24) is 36.8 Å². The Morgan fingerprint density at radius 2 is 1.41 bits per heavy atom. The number of rotatable bonds is 22. The third kappa shape index (κ3) is 15.8. The number of Topliss-reactive ketones (excluding diaryl/α,β-unsaturated/α-hetero) is 1. The number of aryl methyl sites for hydroxylation is 2. The molecule has 0 radical (unpaired) electrons. The van der Waals surface area contributed by atoms with Gasteiger partial charge in [0.2, 0.25) is 23.5 Å². The number of carbonyl (C=O) groups excluding carboxylic acids is 7. The molecular weight excluding hydrogens is 889 g/mol. The number of nitrogens with one attached hydrogen (secondary N) is 6. The maximum absolute atomic E-state index is 15.7. The molecule has 15 nitrogen and oxygen atoms in total. The van der Waals surface area contributed by atoms with Crippen molar-refractivity contribution in [3.8, 4) is 0 Å². The molecule has 0 aromatic heterocycles. The van der Waals surface area contributed by atoms with Crippen LogP contribution >= 0.6 is 0 Å².